The van der Waals surface area contributed by atoms with E-state index >= 15 is 0 Å². The van der Waals surface area contributed by atoms with Crippen LogP contribution in [0.25, 0.3) is 0 Å². The van der Waals surface area contributed by atoms with Gasteiger partial charge in [-0.2, -0.15) is 8.42 Å². The maximum atomic E-state index is 12.5. The van der Waals surface area contributed by atoms with Crippen molar-refractivity contribution in [3.8, 4) is 0 Å². The van der Waals surface area contributed by atoms with Crippen molar-refractivity contribution in [1.82, 2.24) is 9.88 Å². The van der Waals surface area contributed by atoms with E-state index in [1.165, 1.54) is 0 Å². The first kappa shape index (κ1) is 16.7. The van der Waals surface area contributed by atoms with Crippen LogP contribution in [-0.4, -0.2) is 63.7 Å². The first-order valence-corrected chi connectivity index (χ1v) is 9.95. The third kappa shape index (κ3) is 3.70. The fraction of sp³-hybridized carbons (Fsp3) is 0.667. The van der Waals surface area contributed by atoms with Gasteiger partial charge in [0.15, 0.2) is 14.5 Å². The van der Waals surface area contributed by atoms with Crippen molar-refractivity contribution in [2.45, 2.75) is 17.1 Å². The van der Waals surface area contributed by atoms with Crippen molar-refractivity contribution in [3.63, 3.8) is 0 Å². The molecule has 2 N–H and O–H groups in total. The van der Waals surface area contributed by atoms with E-state index < -0.39 is 10.0 Å². The molecular formula is C12H18ClN5O3S2. The Bertz CT molecular complexity index is 694. The summed E-state index contributed by atoms with van der Waals surface area (Å²) in [6, 6.07) is 0. The van der Waals surface area contributed by atoms with Crippen molar-refractivity contribution in [1.29, 1.82) is 0 Å². The summed E-state index contributed by atoms with van der Waals surface area (Å²) in [5.74, 6) is 0.0138. The highest BCUT2D eigenvalue weighted by Gasteiger charge is 2.27. The quantitative estimate of drug-likeness (QED) is 0.610. The summed E-state index contributed by atoms with van der Waals surface area (Å²) in [4.78, 5) is 7.87. The minimum atomic E-state index is -3.96. The molecule has 0 aliphatic carbocycles. The molecule has 0 saturated carbocycles. The number of nitrogens with zero attached hydrogens (tertiary/aromatic N) is 4. The van der Waals surface area contributed by atoms with Crippen LogP contribution in [0.4, 0.5) is 5.13 Å². The van der Waals surface area contributed by atoms with E-state index in [0.29, 0.717) is 31.4 Å². The molecule has 3 heterocycles. The number of aromatic nitrogens is 1. The number of ether oxygens (including phenoxy) is 1. The molecule has 0 spiro atoms. The Morgan fingerprint density at radius 1 is 1.26 bits per heavy atom. The third-order valence-corrected chi connectivity index (χ3v) is 7.09. The number of anilines is 1. The fourth-order valence-electron chi connectivity index (χ4n) is 2.49. The zero-order chi connectivity index (χ0) is 16.4. The summed E-state index contributed by atoms with van der Waals surface area (Å²) < 4.78 is 33.9. The summed E-state index contributed by atoms with van der Waals surface area (Å²) in [5.41, 5.74) is 5.81. The van der Waals surface area contributed by atoms with E-state index in [1.807, 2.05) is 4.90 Å². The van der Waals surface area contributed by atoms with Gasteiger partial charge in [-0.3, -0.25) is 0 Å². The summed E-state index contributed by atoms with van der Waals surface area (Å²) in [6.07, 6.45) is 1.97. The average molecular weight is 380 g/mol. The Morgan fingerprint density at radius 3 is 2.57 bits per heavy atom. The highest BCUT2D eigenvalue weighted by molar-refractivity contribution is 7.92. The lowest BCUT2D eigenvalue weighted by Crippen LogP contribution is -2.36. The number of morpholine rings is 1. The van der Waals surface area contributed by atoms with Crippen molar-refractivity contribution in [2.24, 2.45) is 10.1 Å². The number of likely N-dealkylation sites (tertiary alicyclic amines) is 1. The number of thiazole rings is 1. The molecule has 2 aliphatic rings. The second kappa shape index (κ2) is 6.80. The highest BCUT2D eigenvalue weighted by Crippen LogP contribution is 2.34. The highest BCUT2D eigenvalue weighted by atomic mass is 35.5. The van der Waals surface area contributed by atoms with Gasteiger partial charge >= 0.3 is 0 Å². The third-order valence-electron chi connectivity index (χ3n) is 3.71. The minimum Gasteiger partial charge on any atom is -0.378 e. The smallest absolute Gasteiger partial charge is 0.298 e. The maximum Gasteiger partial charge on any atom is 0.298 e. The van der Waals surface area contributed by atoms with Crippen LogP contribution in [-0.2, 0) is 14.8 Å². The van der Waals surface area contributed by atoms with Crippen LogP contribution in [0.5, 0.6) is 0 Å². The minimum absolute atomic E-state index is 0.0138. The number of guanidine groups is 1. The summed E-state index contributed by atoms with van der Waals surface area (Å²) in [5, 5.41) is 0.501. The van der Waals surface area contributed by atoms with Crippen LogP contribution in [0, 0.1) is 0 Å². The zero-order valence-electron chi connectivity index (χ0n) is 12.4. The predicted octanol–water partition coefficient (Wildman–Crippen LogP) is 0.732. The molecule has 2 saturated heterocycles. The molecule has 0 radical (unpaired) electrons. The van der Waals surface area contributed by atoms with Gasteiger partial charge in [-0.25, -0.2) is 4.98 Å². The molecule has 8 nitrogen and oxygen atoms in total. The number of nitrogens with two attached hydrogens (primary N) is 1. The molecule has 11 heteroatoms. The molecule has 1 aromatic heterocycles. The molecule has 0 atom stereocenters. The number of hydrogen-bond donors (Lipinski definition) is 1. The lowest BCUT2D eigenvalue weighted by Gasteiger charge is -2.25. The Hall–Kier alpha value is -1.10. The molecule has 0 aromatic carbocycles. The number of hydrogen-bond acceptors (Lipinski definition) is 6. The zero-order valence-corrected chi connectivity index (χ0v) is 14.8. The van der Waals surface area contributed by atoms with Crippen molar-refractivity contribution in [3.05, 3.63) is 5.15 Å². The summed E-state index contributed by atoms with van der Waals surface area (Å²) >= 11 is 7.05. The molecule has 1 aromatic rings. The van der Waals surface area contributed by atoms with E-state index in [-0.39, 0.29) is 15.3 Å². The Kier molecular flexibility index (Phi) is 4.95. The SMILES string of the molecule is N/C(=N\S(=O)(=O)c1sc(N2CCOCC2)nc1Cl)N1CCCC1. The van der Waals surface area contributed by atoms with E-state index in [9.17, 15) is 8.42 Å². The van der Waals surface area contributed by atoms with Gasteiger partial charge in [-0.05, 0) is 12.8 Å². The van der Waals surface area contributed by atoms with Crippen LogP contribution < -0.4 is 10.6 Å². The first-order valence-electron chi connectivity index (χ1n) is 7.32. The molecule has 0 bridgehead atoms. The van der Waals surface area contributed by atoms with Gasteiger partial charge in [0.2, 0.25) is 5.96 Å². The molecule has 2 aliphatic heterocycles. The van der Waals surface area contributed by atoms with E-state index in [1.54, 1.807) is 4.90 Å². The summed E-state index contributed by atoms with van der Waals surface area (Å²) in [7, 11) is -3.96. The molecule has 0 amide bonds. The number of halogens is 1. The lowest BCUT2D eigenvalue weighted by molar-refractivity contribution is 0.122. The molecule has 2 fully saturated rings. The fourth-order valence-corrected chi connectivity index (χ4v) is 5.24. The molecular weight excluding hydrogens is 362 g/mol. The summed E-state index contributed by atoms with van der Waals surface area (Å²) in [6.45, 7) is 3.92. The second-order valence-electron chi connectivity index (χ2n) is 5.29. The maximum absolute atomic E-state index is 12.5. The predicted molar refractivity (Wildman–Crippen MR) is 89.8 cm³/mol. The van der Waals surface area contributed by atoms with Crippen molar-refractivity contribution < 1.29 is 13.2 Å². The van der Waals surface area contributed by atoms with Crippen LogP contribution in [0.3, 0.4) is 0 Å². The van der Waals surface area contributed by atoms with Crippen LogP contribution >= 0.6 is 22.9 Å². The topological polar surface area (TPSA) is 101 Å². The molecule has 128 valence electrons. The van der Waals surface area contributed by atoms with Gasteiger partial charge in [0, 0.05) is 26.2 Å². The van der Waals surface area contributed by atoms with E-state index in [0.717, 1.165) is 37.3 Å². The van der Waals surface area contributed by atoms with Crippen molar-refractivity contribution in [2.75, 3.05) is 44.3 Å². The lowest BCUT2D eigenvalue weighted by atomic mass is 10.4. The van der Waals surface area contributed by atoms with Crippen LogP contribution in [0.1, 0.15) is 12.8 Å². The average Bonchev–Trinajstić information content (AvgIpc) is 3.17. The largest absolute Gasteiger partial charge is 0.378 e. The first-order chi connectivity index (χ1) is 11.0. The normalized spacial score (nSPS) is 20.3. The monoisotopic (exact) mass is 379 g/mol. The van der Waals surface area contributed by atoms with Crippen LogP contribution in [0.15, 0.2) is 8.61 Å². The van der Waals surface area contributed by atoms with Gasteiger partial charge in [0.1, 0.15) is 0 Å². The standard InChI is InChI=1S/C12H18ClN5O3S2/c13-9-10(22-12(15-9)18-5-7-21-8-6-18)23(19,20)16-11(14)17-3-1-2-4-17/h1-8H2,(H2,14,16). The number of sulfonamides is 1. The Morgan fingerprint density at radius 2 is 1.91 bits per heavy atom. The van der Waals surface area contributed by atoms with Gasteiger partial charge < -0.3 is 20.3 Å². The van der Waals surface area contributed by atoms with Gasteiger partial charge in [0.25, 0.3) is 10.0 Å². The Labute approximate surface area is 143 Å². The van der Waals surface area contributed by atoms with E-state index in [4.69, 9.17) is 22.1 Å². The van der Waals surface area contributed by atoms with Crippen molar-refractivity contribution >= 4 is 44.1 Å². The van der Waals surface area contributed by atoms with Gasteiger partial charge in [-0.1, -0.05) is 22.9 Å². The number of rotatable bonds is 3. The Balaban J connectivity index is 1.84. The molecule has 3 rings (SSSR count). The van der Waals surface area contributed by atoms with Gasteiger partial charge in [-0.15, -0.1) is 4.40 Å². The molecule has 0 unspecified atom stereocenters. The van der Waals surface area contributed by atoms with E-state index in [2.05, 4.69) is 9.38 Å². The van der Waals surface area contributed by atoms with Crippen LogP contribution in [0.2, 0.25) is 5.15 Å². The van der Waals surface area contributed by atoms with Gasteiger partial charge in [0.05, 0.1) is 13.2 Å². The second-order valence-corrected chi connectivity index (χ2v) is 8.43. The molecule has 23 heavy (non-hydrogen) atoms.